The van der Waals surface area contributed by atoms with Crippen molar-refractivity contribution in [2.45, 2.75) is 26.9 Å². The highest BCUT2D eigenvalue weighted by atomic mass is 32.1. The molecule has 1 N–H and O–H groups in total. The van der Waals surface area contributed by atoms with Gasteiger partial charge in [-0.2, -0.15) is 0 Å². The summed E-state index contributed by atoms with van der Waals surface area (Å²) in [5.74, 6) is -0.0507. The van der Waals surface area contributed by atoms with Crippen LogP contribution < -0.4 is 5.32 Å². The van der Waals surface area contributed by atoms with Crippen molar-refractivity contribution in [3.8, 4) is 0 Å². The number of thiazole rings is 1. The van der Waals surface area contributed by atoms with Crippen molar-refractivity contribution in [3.63, 3.8) is 0 Å². The van der Waals surface area contributed by atoms with Crippen molar-refractivity contribution in [3.05, 3.63) is 81.3 Å². The second-order valence-electron chi connectivity index (χ2n) is 9.29. The second kappa shape index (κ2) is 12.8. The molecule has 1 saturated heterocycles. The number of rotatable bonds is 9. The molecule has 196 valence electrons. The molecule has 1 fully saturated rings. The Morgan fingerprint density at radius 3 is 2.41 bits per heavy atom. The number of anilines is 1. The summed E-state index contributed by atoms with van der Waals surface area (Å²) in [6.07, 6.45) is 0. The molecule has 0 radical (unpaired) electrons. The number of carbonyl (C=O) groups is 2. The van der Waals surface area contributed by atoms with Gasteiger partial charge in [-0.15, -0.1) is 11.3 Å². The summed E-state index contributed by atoms with van der Waals surface area (Å²) in [4.78, 5) is 36.8. The number of nitrogens with zero attached hydrogens (tertiary/aromatic N) is 4. The highest BCUT2D eigenvalue weighted by molar-refractivity contribution is 7.09. The van der Waals surface area contributed by atoms with Gasteiger partial charge < -0.3 is 19.9 Å². The number of amides is 3. The van der Waals surface area contributed by atoms with Gasteiger partial charge in [0.15, 0.2) is 0 Å². The minimum Gasteiger partial charge on any atom is -0.383 e. The normalized spacial score (nSPS) is 14.0. The number of piperazine rings is 1. The molecule has 2 aromatic carbocycles. The highest BCUT2D eigenvalue weighted by Crippen LogP contribution is 2.21. The van der Waals surface area contributed by atoms with Gasteiger partial charge in [0.05, 0.1) is 13.2 Å². The van der Waals surface area contributed by atoms with E-state index in [1.807, 2.05) is 43.0 Å². The van der Waals surface area contributed by atoms with Crippen LogP contribution in [0.25, 0.3) is 0 Å². The van der Waals surface area contributed by atoms with Crippen molar-refractivity contribution in [1.29, 1.82) is 0 Å². The number of benzene rings is 2. The third-order valence-electron chi connectivity index (χ3n) is 6.57. The Bertz CT molecular complexity index is 1170. The summed E-state index contributed by atoms with van der Waals surface area (Å²) in [5.41, 5.74) is 4.55. The van der Waals surface area contributed by atoms with Gasteiger partial charge >= 0.3 is 6.03 Å². The first kappa shape index (κ1) is 26.8. The molecule has 0 atom stereocenters. The van der Waals surface area contributed by atoms with Crippen molar-refractivity contribution in [1.82, 2.24) is 19.7 Å². The molecule has 0 spiro atoms. The maximum atomic E-state index is 13.1. The quantitative estimate of drug-likeness (QED) is 0.452. The van der Waals surface area contributed by atoms with Crippen LogP contribution >= 0.6 is 11.3 Å². The number of para-hydroxylation sites is 1. The van der Waals surface area contributed by atoms with Crippen LogP contribution in [0.2, 0.25) is 0 Å². The van der Waals surface area contributed by atoms with Crippen LogP contribution in [0.4, 0.5) is 10.5 Å². The van der Waals surface area contributed by atoms with E-state index in [4.69, 9.17) is 4.74 Å². The fraction of sp³-hybridized carbons (Fsp3) is 0.393. The topological polar surface area (TPSA) is 78.0 Å². The lowest BCUT2D eigenvalue weighted by Crippen LogP contribution is -2.48. The zero-order valence-electron chi connectivity index (χ0n) is 21.8. The van der Waals surface area contributed by atoms with Crippen molar-refractivity contribution in [2.75, 3.05) is 51.8 Å². The van der Waals surface area contributed by atoms with Crippen LogP contribution in [0.5, 0.6) is 0 Å². The Kier molecular flexibility index (Phi) is 9.27. The van der Waals surface area contributed by atoms with E-state index in [1.54, 1.807) is 17.4 Å². The molecule has 4 rings (SSSR count). The van der Waals surface area contributed by atoms with Crippen LogP contribution in [0, 0.1) is 13.8 Å². The standard InChI is InChI=1S/C28H35N5O3S/c1-21-8-7-9-22(2)26(21)30-28(35)33(16-17-36-3)19-25-29-24(20-37-25)27(34)32-14-12-31(13-15-32)18-23-10-5-4-6-11-23/h4-11,20H,12-19H2,1-3H3,(H,30,35). The molecule has 3 amide bonds. The number of carbonyl (C=O) groups excluding carboxylic acids is 2. The maximum absolute atomic E-state index is 13.1. The number of urea groups is 1. The summed E-state index contributed by atoms with van der Waals surface area (Å²) < 4.78 is 5.22. The van der Waals surface area contributed by atoms with Gasteiger partial charge in [-0.1, -0.05) is 48.5 Å². The van der Waals surface area contributed by atoms with E-state index < -0.39 is 0 Å². The monoisotopic (exact) mass is 521 g/mol. The maximum Gasteiger partial charge on any atom is 0.322 e. The van der Waals surface area contributed by atoms with Gasteiger partial charge in [-0.25, -0.2) is 9.78 Å². The molecule has 1 aromatic heterocycles. The van der Waals surface area contributed by atoms with Gasteiger partial charge in [-0.05, 0) is 30.5 Å². The molecule has 0 aliphatic carbocycles. The number of aryl methyl sites for hydroxylation is 2. The van der Waals surface area contributed by atoms with Gasteiger partial charge in [0.25, 0.3) is 5.91 Å². The minimum atomic E-state index is -0.216. The molecule has 9 heteroatoms. The second-order valence-corrected chi connectivity index (χ2v) is 10.2. The summed E-state index contributed by atoms with van der Waals surface area (Å²) in [5, 5.41) is 5.56. The van der Waals surface area contributed by atoms with E-state index in [0.29, 0.717) is 38.5 Å². The number of ether oxygens (including phenoxy) is 1. The predicted octanol–water partition coefficient (Wildman–Crippen LogP) is 4.40. The Hall–Kier alpha value is -3.27. The lowest BCUT2D eigenvalue weighted by molar-refractivity contribution is 0.0623. The van der Waals surface area contributed by atoms with Crippen LogP contribution in [0.15, 0.2) is 53.9 Å². The van der Waals surface area contributed by atoms with Crippen LogP contribution in [0.1, 0.15) is 32.2 Å². The first-order chi connectivity index (χ1) is 17.9. The first-order valence-corrected chi connectivity index (χ1v) is 13.4. The zero-order chi connectivity index (χ0) is 26.2. The average molecular weight is 522 g/mol. The largest absolute Gasteiger partial charge is 0.383 e. The van der Waals surface area contributed by atoms with E-state index in [2.05, 4.69) is 39.5 Å². The molecule has 8 nitrogen and oxygen atoms in total. The Morgan fingerprint density at radius 1 is 1.03 bits per heavy atom. The number of hydrogen-bond acceptors (Lipinski definition) is 6. The molecule has 1 aliphatic rings. The number of hydrogen-bond donors (Lipinski definition) is 1. The lowest BCUT2D eigenvalue weighted by Gasteiger charge is -2.34. The molecule has 0 bridgehead atoms. The number of methoxy groups -OCH3 is 1. The van der Waals surface area contributed by atoms with Gasteiger partial charge in [-0.3, -0.25) is 9.69 Å². The van der Waals surface area contributed by atoms with E-state index in [-0.39, 0.29) is 11.9 Å². The van der Waals surface area contributed by atoms with Gasteiger partial charge in [0.1, 0.15) is 10.7 Å². The molecule has 0 saturated carbocycles. The number of aromatic nitrogens is 1. The molecule has 3 aromatic rings. The van der Waals surface area contributed by atoms with E-state index in [0.717, 1.165) is 41.5 Å². The Balaban J connectivity index is 1.35. The highest BCUT2D eigenvalue weighted by Gasteiger charge is 2.25. The third kappa shape index (κ3) is 7.15. The van der Waals surface area contributed by atoms with Crippen molar-refractivity contribution < 1.29 is 14.3 Å². The fourth-order valence-electron chi connectivity index (χ4n) is 4.41. The van der Waals surface area contributed by atoms with E-state index in [9.17, 15) is 9.59 Å². The molecule has 2 heterocycles. The summed E-state index contributed by atoms with van der Waals surface area (Å²) in [6.45, 7) is 9.00. The molecule has 37 heavy (non-hydrogen) atoms. The van der Waals surface area contributed by atoms with Crippen LogP contribution in [0.3, 0.4) is 0 Å². The van der Waals surface area contributed by atoms with Crippen LogP contribution in [-0.4, -0.2) is 78.1 Å². The predicted molar refractivity (Wildman–Crippen MR) is 147 cm³/mol. The van der Waals surface area contributed by atoms with Gasteiger partial charge in [0, 0.05) is 57.4 Å². The summed E-state index contributed by atoms with van der Waals surface area (Å²) >= 11 is 1.40. The molecule has 0 unspecified atom stereocenters. The zero-order valence-corrected chi connectivity index (χ0v) is 22.6. The third-order valence-corrected chi connectivity index (χ3v) is 7.40. The SMILES string of the molecule is COCCN(Cc1nc(C(=O)N2CCN(Cc3ccccc3)CC2)cs1)C(=O)Nc1c(C)cccc1C. The van der Waals surface area contributed by atoms with Crippen molar-refractivity contribution in [2.24, 2.45) is 0 Å². The summed E-state index contributed by atoms with van der Waals surface area (Å²) in [7, 11) is 1.61. The van der Waals surface area contributed by atoms with Crippen LogP contribution in [-0.2, 0) is 17.8 Å². The average Bonchev–Trinajstić information content (AvgIpc) is 3.38. The van der Waals surface area contributed by atoms with Gasteiger partial charge in [0.2, 0.25) is 0 Å². The molecular formula is C28H35N5O3S. The van der Waals surface area contributed by atoms with E-state index in [1.165, 1.54) is 16.9 Å². The lowest BCUT2D eigenvalue weighted by atomic mass is 10.1. The van der Waals surface area contributed by atoms with Crippen molar-refractivity contribution >= 4 is 29.0 Å². The molecule has 1 aliphatic heterocycles. The number of nitrogens with one attached hydrogen (secondary N) is 1. The minimum absolute atomic E-state index is 0.0507. The van der Waals surface area contributed by atoms with E-state index >= 15 is 0 Å². The summed E-state index contributed by atoms with van der Waals surface area (Å²) in [6, 6.07) is 16.1. The fourth-order valence-corrected chi connectivity index (χ4v) is 5.19. The Labute approximate surface area is 222 Å². The smallest absolute Gasteiger partial charge is 0.322 e. The Morgan fingerprint density at radius 2 is 1.73 bits per heavy atom. The first-order valence-electron chi connectivity index (χ1n) is 12.6. The molecular weight excluding hydrogens is 486 g/mol.